The largest absolute Gasteiger partial charge is 0.481 e. The van der Waals surface area contributed by atoms with Crippen LogP contribution in [0.15, 0.2) is 18.2 Å². The number of carboxylic acids is 1. The minimum absolute atomic E-state index is 0.174. The molecule has 98 valence electrons. The van der Waals surface area contributed by atoms with Crippen LogP contribution in [0.4, 0.5) is 0 Å². The molecule has 0 fully saturated rings. The van der Waals surface area contributed by atoms with Crippen molar-refractivity contribution in [2.45, 2.75) is 52.4 Å². The fraction of sp³-hybridized carbons (Fsp3) is 0.562. The van der Waals surface area contributed by atoms with Crippen LogP contribution in [0, 0.1) is 5.41 Å². The summed E-state index contributed by atoms with van der Waals surface area (Å²) in [6.45, 7) is 6.61. The van der Waals surface area contributed by atoms with Crippen LogP contribution in [0.3, 0.4) is 0 Å². The molecule has 2 rings (SSSR count). The second-order valence-corrected chi connectivity index (χ2v) is 6.23. The maximum absolute atomic E-state index is 11.0. The lowest BCUT2D eigenvalue weighted by atomic mass is 9.68. The minimum atomic E-state index is -0.689. The van der Waals surface area contributed by atoms with Crippen molar-refractivity contribution >= 4 is 5.97 Å². The Balaban J connectivity index is 2.40. The van der Waals surface area contributed by atoms with Gasteiger partial charge < -0.3 is 5.11 Å². The summed E-state index contributed by atoms with van der Waals surface area (Å²) in [4.78, 5) is 11.0. The van der Waals surface area contributed by atoms with Gasteiger partial charge in [0.25, 0.3) is 0 Å². The topological polar surface area (TPSA) is 37.3 Å². The number of fused-ring (bicyclic) bond motifs is 1. The molecule has 0 saturated carbocycles. The number of aliphatic carboxylic acids is 1. The number of hydrogen-bond acceptors (Lipinski definition) is 1. The third-order valence-corrected chi connectivity index (χ3v) is 3.95. The zero-order chi connectivity index (χ0) is 13.3. The van der Waals surface area contributed by atoms with Crippen molar-refractivity contribution in [2.24, 2.45) is 5.41 Å². The standard InChI is InChI=1S/C16H22O2/c1-4-11-5-6-12-9-16(2,3)10-13(8-15(17)18)14(12)7-11/h5-7,13H,4,8-10H2,1-3H3,(H,17,18). The van der Waals surface area contributed by atoms with E-state index in [9.17, 15) is 4.79 Å². The summed E-state index contributed by atoms with van der Waals surface area (Å²) in [5.74, 6) is -0.515. The molecule has 1 atom stereocenters. The normalized spacial score (nSPS) is 21.4. The van der Waals surface area contributed by atoms with Gasteiger partial charge in [-0.15, -0.1) is 0 Å². The summed E-state index contributed by atoms with van der Waals surface area (Å²) in [6, 6.07) is 6.60. The molecule has 0 aromatic heterocycles. The van der Waals surface area contributed by atoms with E-state index in [4.69, 9.17) is 5.11 Å². The van der Waals surface area contributed by atoms with Gasteiger partial charge in [0, 0.05) is 0 Å². The quantitative estimate of drug-likeness (QED) is 0.881. The monoisotopic (exact) mass is 246 g/mol. The van der Waals surface area contributed by atoms with E-state index < -0.39 is 5.97 Å². The number of aryl methyl sites for hydroxylation is 1. The zero-order valence-corrected chi connectivity index (χ0v) is 11.5. The Morgan fingerprint density at radius 1 is 1.44 bits per heavy atom. The molecule has 0 heterocycles. The highest BCUT2D eigenvalue weighted by molar-refractivity contribution is 5.68. The molecule has 1 aromatic rings. The maximum Gasteiger partial charge on any atom is 0.303 e. The van der Waals surface area contributed by atoms with Crippen LogP contribution in [0.25, 0.3) is 0 Å². The highest BCUT2D eigenvalue weighted by atomic mass is 16.4. The molecule has 0 aliphatic heterocycles. The van der Waals surface area contributed by atoms with Crippen LogP contribution in [0.1, 0.15) is 56.2 Å². The fourth-order valence-electron chi connectivity index (χ4n) is 3.16. The second kappa shape index (κ2) is 4.75. The molecule has 1 aliphatic carbocycles. The van der Waals surface area contributed by atoms with Gasteiger partial charge >= 0.3 is 5.97 Å². The molecule has 0 bridgehead atoms. The van der Waals surface area contributed by atoms with Crippen molar-refractivity contribution in [1.29, 1.82) is 0 Å². The van der Waals surface area contributed by atoms with Gasteiger partial charge in [0.15, 0.2) is 0 Å². The Kier molecular flexibility index (Phi) is 3.47. The average molecular weight is 246 g/mol. The Labute approximate surface area is 109 Å². The van der Waals surface area contributed by atoms with Crippen LogP contribution < -0.4 is 0 Å². The van der Waals surface area contributed by atoms with Crippen molar-refractivity contribution in [3.8, 4) is 0 Å². The highest BCUT2D eigenvalue weighted by Gasteiger charge is 2.33. The third kappa shape index (κ3) is 2.74. The summed E-state index contributed by atoms with van der Waals surface area (Å²) < 4.78 is 0. The molecule has 2 nitrogen and oxygen atoms in total. The molecule has 1 aromatic carbocycles. The SMILES string of the molecule is CCc1ccc2c(c1)C(CC(=O)O)CC(C)(C)C2. The van der Waals surface area contributed by atoms with Gasteiger partial charge in [0.1, 0.15) is 0 Å². The lowest BCUT2D eigenvalue weighted by molar-refractivity contribution is -0.137. The van der Waals surface area contributed by atoms with Crippen LogP contribution >= 0.6 is 0 Å². The van der Waals surface area contributed by atoms with Gasteiger partial charge in [-0.05, 0) is 47.3 Å². The zero-order valence-electron chi connectivity index (χ0n) is 11.5. The van der Waals surface area contributed by atoms with Gasteiger partial charge in [-0.3, -0.25) is 4.79 Å². The number of benzene rings is 1. The van der Waals surface area contributed by atoms with Crippen LogP contribution in [-0.2, 0) is 17.6 Å². The smallest absolute Gasteiger partial charge is 0.303 e. The van der Waals surface area contributed by atoms with Crippen LogP contribution in [-0.4, -0.2) is 11.1 Å². The van der Waals surface area contributed by atoms with Gasteiger partial charge in [0.05, 0.1) is 6.42 Å². The average Bonchev–Trinajstić information content (AvgIpc) is 2.26. The molecule has 0 saturated heterocycles. The van der Waals surface area contributed by atoms with E-state index in [2.05, 4.69) is 39.0 Å². The molecule has 0 spiro atoms. The number of carboxylic acid groups (broad SMARTS) is 1. The van der Waals surface area contributed by atoms with Crippen molar-refractivity contribution in [1.82, 2.24) is 0 Å². The Morgan fingerprint density at radius 3 is 2.78 bits per heavy atom. The number of carbonyl (C=O) groups is 1. The van der Waals surface area contributed by atoms with Crippen molar-refractivity contribution < 1.29 is 9.90 Å². The summed E-state index contributed by atoms with van der Waals surface area (Å²) in [6.07, 6.45) is 3.29. The summed E-state index contributed by atoms with van der Waals surface area (Å²) in [7, 11) is 0. The molecule has 0 radical (unpaired) electrons. The van der Waals surface area contributed by atoms with Gasteiger partial charge in [-0.25, -0.2) is 0 Å². The van der Waals surface area contributed by atoms with Crippen molar-refractivity contribution in [3.05, 3.63) is 34.9 Å². The maximum atomic E-state index is 11.0. The van der Waals surface area contributed by atoms with Gasteiger partial charge in [-0.1, -0.05) is 39.0 Å². The first-order valence-electron chi connectivity index (χ1n) is 6.75. The fourth-order valence-corrected chi connectivity index (χ4v) is 3.16. The van der Waals surface area contributed by atoms with E-state index >= 15 is 0 Å². The Bertz CT molecular complexity index is 460. The third-order valence-electron chi connectivity index (χ3n) is 3.95. The lowest BCUT2D eigenvalue weighted by Crippen LogP contribution is -2.27. The first-order chi connectivity index (χ1) is 8.41. The summed E-state index contributed by atoms with van der Waals surface area (Å²) >= 11 is 0. The molecular formula is C16H22O2. The van der Waals surface area contributed by atoms with E-state index in [1.807, 2.05) is 0 Å². The van der Waals surface area contributed by atoms with Crippen molar-refractivity contribution in [3.63, 3.8) is 0 Å². The van der Waals surface area contributed by atoms with Crippen LogP contribution in [0.2, 0.25) is 0 Å². The molecule has 1 unspecified atom stereocenters. The highest BCUT2D eigenvalue weighted by Crippen LogP contribution is 2.43. The molecule has 0 amide bonds. The molecule has 18 heavy (non-hydrogen) atoms. The second-order valence-electron chi connectivity index (χ2n) is 6.23. The predicted octanol–water partition coefficient (Wildman–Crippen LogP) is 3.78. The minimum Gasteiger partial charge on any atom is -0.481 e. The van der Waals surface area contributed by atoms with Gasteiger partial charge in [0.2, 0.25) is 0 Å². The lowest BCUT2D eigenvalue weighted by Gasteiger charge is -2.37. The van der Waals surface area contributed by atoms with Gasteiger partial charge in [-0.2, -0.15) is 0 Å². The van der Waals surface area contributed by atoms with E-state index in [0.29, 0.717) is 0 Å². The Hall–Kier alpha value is -1.31. The molecule has 2 heteroatoms. The number of hydrogen-bond donors (Lipinski definition) is 1. The molecular weight excluding hydrogens is 224 g/mol. The van der Waals surface area contributed by atoms with E-state index in [0.717, 1.165) is 19.3 Å². The number of rotatable bonds is 3. The molecule has 1 N–H and O–H groups in total. The summed E-state index contributed by atoms with van der Waals surface area (Å²) in [5.41, 5.74) is 4.13. The van der Waals surface area contributed by atoms with Crippen molar-refractivity contribution in [2.75, 3.05) is 0 Å². The first kappa shape index (κ1) is 13.1. The first-order valence-corrected chi connectivity index (χ1v) is 6.75. The van der Waals surface area contributed by atoms with Crippen LogP contribution in [0.5, 0.6) is 0 Å². The summed E-state index contributed by atoms with van der Waals surface area (Å²) in [5, 5.41) is 9.09. The Morgan fingerprint density at radius 2 is 2.17 bits per heavy atom. The van der Waals surface area contributed by atoms with E-state index in [1.165, 1.54) is 16.7 Å². The predicted molar refractivity (Wildman–Crippen MR) is 72.9 cm³/mol. The molecule has 1 aliphatic rings. The van der Waals surface area contributed by atoms with E-state index in [-0.39, 0.29) is 17.8 Å². The van der Waals surface area contributed by atoms with E-state index in [1.54, 1.807) is 0 Å².